The van der Waals surface area contributed by atoms with Crippen LogP contribution in [0.5, 0.6) is 0 Å². The average Bonchev–Trinajstić information content (AvgIpc) is 2.67. The predicted molar refractivity (Wildman–Crippen MR) is 103 cm³/mol. The largest absolute Gasteiger partial charge is 0.452 e. The molecule has 0 heterocycles. The first-order chi connectivity index (χ1) is 13.0. The zero-order valence-corrected chi connectivity index (χ0v) is 15.2. The Morgan fingerprint density at radius 1 is 0.889 bits per heavy atom. The summed E-state index contributed by atoms with van der Waals surface area (Å²) in [5.74, 6) is -1.09. The van der Waals surface area contributed by atoms with Gasteiger partial charge in [0.25, 0.3) is 5.91 Å². The van der Waals surface area contributed by atoms with Gasteiger partial charge in [0.15, 0.2) is 6.61 Å². The first kappa shape index (κ1) is 18.6. The predicted octanol–water partition coefficient (Wildman–Crippen LogP) is 3.32. The molecule has 0 bridgehead atoms. The van der Waals surface area contributed by atoms with Crippen molar-refractivity contribution in [3.05, 3.63) is 59.2 Å². The highest BCUT2D eigenvalue weighted by molar-refractivity contribution is 5.96. The van der Waals surface area contributed by atoms with Crippen molar-refractivity contribution in [3.63, 3.8) is 0 Å². The van der Waals surface area contributed by atoms with Crippen molar-refractivity contribution >= 4 is 29.2 Å². The van der Waals surface area contributed by atoms with Crippen LogP contribution in [0.25, 0.3) is 0 Å². The molecule has 2 N–H and O–H groups in total. The van der Waals surface area contributed by atoms with E-state index in [4.69, 9.17) is 4.74 Å². The molecule has 2 aromatic rings. The van der Waals surface area contributed by atoms with Gasteiger partial charge in [-0.1, -0.05) is 6.07 Å². The van der Waals surface area contributed by atoms with Crippen molar-refractivity contribution in [1.29, 1.82) is 0 Å². The number of nitrogens with one attached hydrogen (secondary N) is 2. The van der Waals surface area contributed by atoms with Gasteiger partial charge in [0.1, 0.15) is 0 Å². The van der Waals surface area contributed by atoms with Gasteiger partial charge < -0.3 is 15.4 Å². The number of carbonyl (C=O) groups is 3. The maximum absolute atomic E-state index is 12.2. The van der Waals surface area contributed by atoms with Crippen molar-refractivity contribution in [2.45, 2.75) is 32.6 Å². The third kappa shape index (κ3) is 5.17. The molecule has 2 amide bonds. The summed E-state index contributed by atoms with van der Waals surface area (Å²) >= 11 is 0. The third-order valence-electron chi connectivity index (χ3n) is 4.41. The number of amides is 2. The van der Waals surface area contributed by atoms with Crippen molar-refractivity contribution in [2.75, 3.05) is 17.2 Å². The zero-order chi connectivity index (χ0) is 19.2. The minimum atomic E-state index is -0.500. The number of benzene rings is 2. The number of ether oxygens (including phenoxy) is 1. The van der Waals surface area contributed by atoms with Crippen molar-refractivity contribution in [1.82, 2.24) is 0 Å². The summed E-state index contributed by atoms with van der Waals surface area (Å²) in [7, 11) is 0. The highest BCUT2D eigenvalue weighted by Gasteiger charge is 2.15. The van der Waals surface area contributed by atoms with Gasteiger partial charge in [0, 0.05) is 18.3 Å². The Morgan fingerprint density at radius 2 is 1.52 bits per heavy atom. The number of fused-ring (bicyclic) bond motifs is 1. The Kier molecular flexibility index (Phi) is 5.86. The summed E-state index contributed by atoms with van der Waals surface area (Å²) in [6.45, 7) is 1.07. The van der Waals surface area contributed by atoms with Crippen LogP contribution in [0.4, 0.5) is 11.4 Å². The molecule has 0 radical (unpaired) electrons. The smallest absolute Gasteiger partial charge is 0.338 e. The summed E-state index contributed by atoms with van der Waals surface area (Å²) in [6.07, 6.45) is 4.34. The molecule has 0 unspecified atom stereocenters. The molecule has 1 aliphatic carbocycles. The summed E-state index contributed by atoms with van der Waals surface area (Å²) in [5.41, 5.74) is 4.15. The number of hydrogen-bond acceptors (Lipinski definition) is 4. The van der Waals surface area contributed by atoms with Crippen LogP contribution in [0.1, 0.15) is 41.3 Å². The minimum Gasteiger partial charge on any atom is -0.452 e. The molecule has 6 nitrogen and oxygen atoms in total. The van der Waals surface area contributed by atoms with Crippen LogP contribution in [0, 0.1) is 0 Å². The van der Waals surface area contributed by atoms with Crippen LogP contribution in [0.3, 0.4) is 0 Å². The monoisotopic (exact) mass is 366 g/mol. The van der Waals surface area contributed by atoms with E-state index in [1.807, 2.05) is 12.1 Å². The topological polar surface area (TPSA) is 84.5 Å². The molecule has 0 fully saturated rings. The lowest BCUT2D eigenvalue weighted by Crippen LogP contribution is -2.21. The Labute approximate surface area is 157 Å². The second kappa shape index (κ2) is 8.49. The van der Waals surface area contributed by atoms with Crippen LogP contribution < -0.4 is 10.6 Å². The Balaban J connectivity index is 1.51. The van der Waals surface area contributed by atoms with Gasteiger partial charge in [-0.05, 0) is 73.2 Å². The fraction of sp³-hybridized carbons (Fsp3) is 0.286. The highest BCUT2D eigenvalue weighted by atomic mass is 16.5. The van der Waals surface area contributed by atoms with E-state index >= 15 is 0 Å². The Hall–Kier alpha value is -3.15. The second-order valence-corrected chi connectivity index (χ2v) is 6.57. The van der Waals surface area contributed by atoms with Crippen LogP contribution in [-0.4, -0.2) is 24.4 Å². The van der Waals surface area contributed by atoms with Crippen LogP contribution >= 0.6 is 0 Å². The highest BCUT2D eigenvalue weighted by Crippen LogP contribution is 2.22. The molecule has 0 saturated heterocycles. The number of hydrogen-bond donors (Lipinski definition) is 2. The summed E-state index contributed by atoms with van der Waals surface area (Å²) < 4.78 is 5.12. The summed E-state index contributed by atoms with van der Waals surface area (Å²) in [4.78, 5) is 35.2. The molecule has 0 aliphatic heterocycles. The number of anilines is 2. The Bertz CT molecular complexity index is 859. The molecule has 0 atom stereocenters. The number of rotatable bonds is 5. The summed E-state index contributed by atoms with van der Waals surface area (Å²) in [5, 5.41) is 5.29. The van der Waals surface area contributed by atoms with Gasteiger partial charge in [-0.2, -0.15) is 0 Å². The molecular weight excluding hydrogens is 344 g/mol. The number of esters is 1. The molecule has 0 spiro atoms. The number of carbonyl (C=O) groups excluding carboxylic acids is 3. The molecule has 140 valence electrons. The quantitative estimate of drug-likeness (QED) is 0.795. The third-order valence-corrected chi connectivity index (χ3v) is 4.41. The lowest BCUT2D eigenvalue weighted by atomic mass is 9.90. The molecule has 0 saturated carbocycles. The standard InChI is InChI=1S/C21H22N2O4/c1-14(24)22-18-8-10-19(11-9-18)23-20(25)13-27-21(26)17-7-6-15-4-2-3-5-16(15)12-17/h6-12H,2-5,13H2,1H3,(H,22,24)(H,23,25). The molecule has 27 heavy (non-hydrogen) atoms. The molecule has 0 aromatic heterocycles. The van der Waals surface area contributed by atoms with E-state index in [9.17, 15) is 14.4 Å². The molecular formula is C21H22N2O4. The van der Waals surface area contributed by atoms with Gasteiger partial charge in [0.2, 0.25) is 5.91 Å². The fourth-order valence-corrected chi connectivity index (χ4v) is 3.11. The van der Waals surface area contributed by atoms with Crippen LogP contribution in [-0.2, 0) is 27.2 Å². The van der Waals surface area contributed by atoms with E-state index in [0.29, 0.717) is 16.9 Å². The van der Waals surface area contributed by atoms with Gasteiger partial charge in [0.05, 0.1) is 5.56 Å². The van der Waals surface area contributed by atoms with Gasteiger partial charge >= 0.3 is 5.97 Å². The van der Waals surface area contributed by atoms with Crippen LogP contribution in [0.15, 0.2) is 42.5 Å². The van der Waals surface area contributed by atoms with Crippen molar-refractivity contribution in [3.8, 4) is 0 Å². The van der Waals surface area contributed by atoms with E-state index in [1.54, 1.807) is 30.3 Å². The van der Waals surface area contributed by atoms with Crippen molar-refractivity contribution < 1.29 is 19.1 Å². The SMILES string of the molecule is CC(=O)Nc1ccc(NC(=O)COC(=O)c2ccc3c(c2)CCCC3)cc1. The van der Waals surface area contributed by atoms with E-state index in [-0.39, 0.29) is 12.5 Å². The first-order valence-electron chi connectivity index (χ1n) is 8.98. The average molecular weight is 366 g/mol. The molecule has 3 rings (SSSR count). The fourth-order valence-electron chi connectivity index (χ4n) is 3.11. The maximum atomic E-state index is 12.2. The van der Waals surface area contributed by atoms with Gasteiger partial charge in [-0.3, -0.25) is 9.59 Å². The zero-order valence-electron chi connectivity index (χ0n) is 15.2. The van der Waals surface area contributed by atoms with Gasteiger partial charge in [-0.25, -0.2) is 4.79 Å². The van der Waals surface area contributed by atoms with E-state index in [0.717, 1.165) is 19.3 Å². The molecule has 6 heteroatoms. The van der Waals surface area contributed by atoms with E-state index in [1.165, 1.54) is 24.5 Å². The van der Waals surface area contributed by atoms with Gasteiger partial charge in [-0.15, -0.1) is 0 Å². The van der Waals surface area contributed by atoms with E-state index < -0.39 is 11.9 Å². The van der Waals surface area contributed by atoms with E-state index in [2.05, 4.69) is 10.6 Å². The van der Waals surface area contributed by atoms with Crippen molar-refractivity contribution in [2.24, 2.45) is 0 Å². The lowest BCUT2D eigenvalue weighted by molar-refractivity contribution is -0.119. The number of aryl methyl sites for hydroxylation is 2. The molecule has 2 aromatic carbocycles. The molecule has 1 aliphatic rings. The van der Waals surface area contributed by atoms with Crippen LogP contribution in [0.2, 0.25) is 0 Å². The first-order valence-corrected chi connectivity index (χ1v) is 8.98. The summed E-state index contributed by atoms with van der Waals surface area (Å²) in [6, 6.07) is 12.3. The lowest BCUT2D eigenvalue weighted by Gasteiger charge is -2.16. The Morgan fingerprint density at radius 3 is 2.19 bits per heavy atom. The maximum Gasteiger partial charge on any atom is 0.338 e. The normalized spacial score (nSPS) is 12.6. The minimum absolute atomic E-state index is 0.166. The second-order valence-electron chi connectivity index (χ2n) is 6.57.